The van der Waals surface area contributed by atoms with Crippen molar-refractivity contribution < 1.29 is 19.3 Å². The lowest BCUT2D eigenvalue weighted by atomic mass is 9.78. The van der Waals surface area contributed by atoms with Crippen LogP contribution in [0.4, 0.5) is 0 Å². The molecule has 3 heterocycles. The Bertz CT molecular complexity index is 883. The van der Waals surface area contributed by atoms with Crippen molar-refractivity contribution >= 4 is 0 Å². The molecule has 0 unspecified atom stereocenters. The summed E-state index contributed by atoms with van der Waals surface area (Å²) in [5.41, 5.74) is 2.31. The van der Waals surface area contributed by atoms with E-state index in [1.807, 2.05) is 18.2 Å². The largest absolute Gasteiger partial charge is 0.488 e. The minimum atomic E-state index is -0.444. The molecular formula is C22H29N3O4. The van der Waals surface area contributed by atoms with Crippen LogP contribution in [0.3, 0.4) is 0 Å². The number of aromatic amines is 1. The number of H-pyrrole nitrogens is 1. The minimum absolute atomic E-state index is 0.185. The molecule has 5 rings (SSSR count). The molecule has 0 radical (unpaired) electrons. The van der Waals surface area contributed by atoms with Gasteiger partial charge >= 0.3 is 0 Å². The normalized spacial score (nSPS) is 28.5. The van der Waals surface area contributed by atoms with Gasteiger partial charge in [0.2, 0.25) is 6.79 Å². The fourth-order valence-electron chi connectivity index (χ4n) is 4.96. The number of benzene rings is 1. The summed E-state index contributed by atoms with van der Waals surface area (Å²) in [6.07, 6.45) is 1.96. The minimum Gasteiger partial charge on any atom is -0.488 e. The Morgan fingerprint density at radius 1 is 1.21 bits per heavy atom. The zero-order chi connectivity index (χ0) is 20.0. The van der Waals surface area contributed by atoms with Gasteiger partial charge in [-0.25, -0.2) is 4.98 Å². The highest BCUT2D eigenvalue weighted by Gasteiger charge is 2.42. The summed E-state index contributed by atoms with van der Waals surface area (Å²) >= 11 is 0. The number of hydrogen-bond donors (Lipinski definition) is 2. The van der Waals surface area contributed by atoms with Crippen LogP contribution in [0, 0.1) is 18.8 Å². The van der Waals surface area contributed by atoms with Gasteiger partial charge < -0.3 is 24.3 Å². The molecule has 2 aromatic rings. The first-order valence-electron chi connectivity index (χ1n) is 10.6. The summed E-state index contributed by atoms with van der Waals surface area (Å²) in [5.74, 6) is 4.30. The van der Waals surface area contributed by atoms with E-state index in [0.717, 1.165) is 61.9 Å². The van der Waals surface area contributed by atoms with E-state index in [1.165, 1.54) is 5.69 Å². The summed E-state index contributed by atoms with van der Waals surface area (Å²) in [5, 5.41) is 10.7. The number of hydrogen-bond acceptors (Lipinski definition) is 6. The Kier molecular flexibility index (Phi) is 4.87. The van der Waals surface area contributed by atoms with E-state index in [4.69, 9.17) is 19.2 Å². The molecule has 3 aliphatic rings. The van der Waals surface area contributed by atoms with Crippen LogP contribution in [0.1, 0.15) is 37.0 Å². The third-order valence-electron chi connectivity index (χ3n) is 6.53. The van der Waals surface area contributed by atoms with E-state index in [9.17, 15) is 5.11 Å². The Morgan fingerprint density at radius 2 is 2.00 bits per heavy atom. The fourth-order valence-corrected chi connectivity index (χ4v) is 4.96. The molecule has 0 spiro atoms. The van der Waals surface area contributed by atoms with Crippen LogP contribution in [-0.2, 0) is 13.0 Å². The smallest absolute Gasteiger partial charge is 0.231 e. The van der Waals surface area contributed by atoms with Gasteiger partial charge in [0.15, 0.2) is 11.5 Å². The van der Waals surface area contributed by atoms with Crippen LogP contribution < -0.4 is 14.2 Å². The molecule has 1 aromatic carbocycles. The van der Waals surface area contributed by atoms with Crippen LogP contribution in [-0.4, -0.2) is 52.1 Å². The average molecular weight is 399 g/mol. The molecule has 156 valence electrons. The summed E-state index contributed by atoms with van der Waals surface area (Å²) < 4.78 is 17.0. The van der Waals surface area contributed by atoms with Crippen molar-refractivity contribution in [2.24, 2.45) is 11.8 Å². The monoisotopic (exact) mass is 399 g/mol. The van der Waals surface area contributed by atoms with Crippen molar-refractivity contribution in [3.05, 3.63) is 35.4 Å². The third kappa shape index (κ3) is 3.69. The highest BCUT2D eigenvalue weighted by Crippen LogP contribution is 2.40. The Balaban J connectivity index is 1.22. The Hall–Kier alpha value is -2.25. The maximum absolute atomic E-state index is 10.7. The zero-order valence-corrected chi connectivity index (χ0v) is 17.1. The number of likely N-dealkylation sites (tertiary alicyclic amines) is 1. The highest BCUT2D eigenvalue weighted by atomic mass is 16.7. The first kappa shape index (κ1) is 18.8. The number of imidazole rings is 1. The number of rotatable bonds is 5. The van der Waals surface area contributed by atoms with Crippen LogP contribution in [0.2, 0.25) is 0 Å². The van der Waals surface area contributed by atoms with Crippen LogP contribution in [0.25, 0.3) is 0 Å². The standard InChI is InChI=1S/C22H29N3O4/c1-3-22-23-13(2)17(24-22)11-25-9-14-6-18(26)20(7-15(14)10-25)29-16-4-5-19-21(8-16)28-12-27-19/h4-5,8,14-15,18,20,26H,3,6-7,9-12H2,1-2H3,(H,23,24)/t14-,15+,18+,20+/m0/s1. The molecule has 7 nitrogen and oxygen atoms in total. The number of aromatic nitrogens is 2. The lowest BCUT2D eigenvalue weighted by molar-refractivity contribution is -0.0232. The number of aryl methyl sites for hydroxylation is 2. The lowest BCUT2D eigenvalue weighted by Gasteiger charge is -2.35. The molecule has 1 saturated carbocycles. The van der Waals surface area contributed by atoms with Gasteiger partial charge in [-0.2, -0.15) is 0 Å². The molecule has 2 fully saturated rings. The second kappa shape index (κ2) is 7.54. The average Bonchev–Trinajstić information content (AvgIpc) is 3.40. The molecule has 0 bridgehead atoms. The Morgan fingerprint density at radius 3 is 2.79 bits per heavy atom. The van der Waals surface area contributed by atoms with Gasteiger partial charge in [0.25, 0.3) is 0 Å². The van der Waals surface area contributed by atoms with Crippen molar-refractivity contribution in [1.29, 1.82) is 0 Å². The molecule has 2 aliphatic heterocycles. The number of nitrogens with zero attached hydrogens (tertiary/aromatic N) is 2. The maximum Gasteiger partial charge on any atom is 0.231 e. The molecule has 1 aliphatic carbocycles. The highest BCUT2D eigenvalue weighted by molar-refractivity contribution is 5.47. The number of aliphatic hydroxyl groups is 1. The molecule has 1 aromatic heterocycles. The summed E-state index contributed by atoms with van der Waals surface area (Å²) in [7, 11) is 0. The van der Waals surface area contributed by atoms with Crippen molar-refractivity contribution in [1.82, 2.24) is 14.9 Å². The van der Waals surface area contributed by atoms with Crippen molar-refractivity contribution in [2.45, 2.75) is 51.9 Å². The third-order valence-corrected chi connectivity index (χ3v) is 6.53. The predicted octanol–water partition coefficient (Wildman–Crippen LogP) is 2.66. The number of ether oxygens (including phenoxy) is 3. The molecular weight excluding hydrogens is 370 g/mol. The summed E-state index contributed by atoms with van der Waals surface area (Å²) in [6, 6.07) is 5.61. The maximum atomic E-state index is 10.7. The quantitative estimate of drug-likeness (QED) is 0.805. The van der Waals surface area contributed by atoms with Gasteiger partial charge in [-0.1, -0.05) is 6.92 Å². The lowest BCUT2D eigenvalue weighted by Crippen LogP contribution is -2.42. The topological polar surface area (TPSA) is 79.8 Å². The van der Waals surface area contributed by atoms with Crippen molar-refractivity contribution in [3.63, 3.8) is 0 Å². The van der Waals surface area contributed by atoms with Gasteiger partial charge in [0.1, 0.15) is 17.7 Å². The summed E-state index contributed by atoms with van der Waals surface area (Å²) in [6.45, 7) is 7.40. The van der Waals surface area contributed by atoms with Crippen LogP contribution >= 0.6 is 0 Å². The van der Waals surface area contributed by atoms with E-state index in [-0.39, 0.29) is 12.9 Å². The van der Waals surface area contributed by atoms with E-state index in [2.05, 4.69) is 23.7 Å². The molecule has 1 saturated heterocycles. The number of fused-ring (bicyclic) bond motifs is 2. The van der Waals surface area contributed by atoms with Gasteiger partial charge in [-0.05, 0) is 43.7 Å². The van der Waals surface area contributed by atoms with E-state index < -0.39 is 6.10 Å². The number of aliphatic hydroxyl groups excluding tert-OH is 1. The first-order chi connectivity index (χ1) is 14.1. The molecule has 29 heavy (non-hydrogen) atoms. The zero-order valence-electron chi connectivity index (χ0n) is 17.1. The van der Waals surface area contributed by atoms with E-state index in [1.54, 1.807) is 0 Å². The van der Waals surface area contributed by atoms with Gasteiger partial charge in [-0.3, -0.25) is 4.90 Å². The molecule has 4 atom stereocenters. The Labute approximate surface area is 171 Å². The molecule has 0 amide bonds. The fraction of sp³-hybridized carbons (Fsp3) is 0.591. The molecule has 2 N–H and O–H groups in total. The predicted molar refractivity (Wildman–Crippen MR) is 107 cm³/mol. The van der Waals surface area contributed by atoms with Gasteiger partial charge in [-0.15, -0.1) is 0 Å². The van der Waals surface area contributed by atoms with Crippen molar-refractivity contribution in [2.75, 3.05) is 19.9 Å². The van der Waals surface area contributed by atoms with Crippen LogP contribution in [0.15, 0.2) is 18.2 Å². The van der Waals surface area contributed by atoms with Crippen LogP contribution in [0.5, 0.6) is 17.2 Å². The van der Waals surface area contributed by atoms with Gasteiger partial charge in [0, 0.05) is 37.8 Å². The summed E-state index contributed by atoms with van der Waals surface area (Å²) in [4.78, 5) is 10.6. The second-order valence-corrected chi connectivity index (χ2v) is 8.53. The van der Waals surface area contributed by atoms with E-state index >= 15 is 0 Å². The van der Waals surface area contributed by atoms with E-state index in [0.29, 0.717) is 17.6 Å². The van der Waals surface area contributed by atoms with Crippen molar-refractivity contribution in [3.8, 4) is 17.2 Å². The molecule has 7 heteroatoms. The first-order valence-corrected chi connectivity index (χ1v) is 10.6. The van der Waals surface area contributed by atoms with Gasteiger partial charge in [0.05, 0.1) is 11.8 Å². The SMILES string of the molecule is CCc1nc(CN2C[C@H]3C[C@@H](Oc4ccc5c(c4)OCO5)[C@H](O)C[C@H]3C2)c(C)[nH]1. The second-order valence-electron chi connectivity index (χ2n) is 8.53. The number of nitrogens with one attached hydrogen (secondary N) is 1.